The number of hydrogen-bond donors (Lipinski definition) is 3. The van der Waals surface area contributed by atoms with Crippen LogP contribution in [0.1, 0.15) is 0 Å². The van der Waals surface area contributed by atoms with Gasteiger partial charge in [0, 0.05) is 0 Å². The molecule has 0 bridgehead atoms. The van der Waals surface area contributed by atoms with E-state index >= 15 is 0 Å². The number of rotatable bonds is 3. The lowest BCUT2D eigenvalue weighted by Gasteiger charge is -2.14. The first kappa shape index (κ1) is 19.1. The quantitative estimate of drug-likeness (QED) is 0.357. The molecular formula is C6H12N2O8S2. The second-order valence-corrected chi connectivity index (χ2v) is 5.44. The summed E-state index contributed by atoms with van der Waals surface area (Å²) in [5.41, 5.74) is 0. The predicted octanol–water partition coefficient (Wildman–Crippen LogP) is -0.971. The van der Waals surface area contributed by atoms with E-state index in [-0.39, 0.29) is 12.3 Å². The highest BCUT2D eigenvalue weighted by Gasteiger charge is 2.20. The van der Waals surface area contributed by atoms with Gasteiger partial charge in [-0.05, 0) is 18.2 Å². The molecule has 0 saturated carbocycles. The topological polar surface area (TPSA) is 217 Å². The summed E-state index contributed by atoms with van der Waals surface area (Å²) in [7, 11) is -10.0. The monoisotopic (exact) mass is 304 g/mol. The van der Waals surface area contributed by atoms with Gasteiger partial charge in [-0.15, -0.1) is 0 Å². The van der Waals surface area contributed by atoms with Crippen LogP contribution in [0.3, 0.4) is 0 Å². The summed E-state index contributed by atoms with van der Waals surface area (Å²) < 4.78 is 56.8. The molecule has 0 amide bonds. The summed E-state index contributed by atoms with van der Waals surface area (Å²) in [5.74, 6) is -0.640. The number of hydrogen-bond acceptors (Lipinski definition) is 8. The minimum atomic E-state index is -5.16. The molecular weight excluding hydrogens is 292 g/mol. The molecule has 106 valence electrons. The molecule has 0 fully saturated rings. The number of phenols is 1. The largest absolute Gasteiger partial charge is 0.744 e. The Kier molecular flexibility index (Phi) is 6.41. The Labute approximate surface area is 103 Å². The van der Waals surface area contributed by atoms with Gasteiger partial charge >= 0.3 is 0 Å². The number of phenolic OH excluding ortho intramolecular Hbond substituents is 1. The van der Waals surface area contributed by atoms with Crippen LogP contribution in [0.15, 0.2) is 28.0 Å². The second-order valence-electron chi connectivity index (χ2n) is 2.61. The molecule has 10 nitrogen and oxygen atoms in total. The third kappa shape index (κ3) is 3.88. The van der Waals surface area contributed by atoms with E-state index in [0.29, 0.717) is 12.1 Å². The number of aromatic hydroxyl groups is 1. The molecule has 9 N–H and O–H groups in total. The van der Waals surface area contributed by atoms with E-state index in [4.69, 9.17) is 5.11 Å². The first-order chi connectivity index (χ1) is 7.18. The van der Waals surface area contributed by atoms with Gasteiger partial charge in [0.2, 0.25) is 0 Å². The lowest BCUT2D eigenvalue weighted by molar-refractivity contribution is -0.635. The molecule has 0 aliphatic heterocycles. The van der Waals surface area contributed by atoms with Gasteiger partial charge in [0.05, 0.1) is 4.90 Å². The maximum Gasteiger partial charge on any atom is 0.289 e. The van der Waals surface area contributed by atoms with E-state index in [9.17, 15) is 26.6 Å². The molecule has 0 aromatic heterocycles. The van der Waals surface area contributed by atoms with Crippen LogP contribution in [-0.2, 0) is 24.6 Å². The zero-order chi connectivity index (χ0) is 12.6. The summed E-state index contributed by atoms with van der Waals surface area (Å²) in [6.45, 7) is 0. The van der Waals surface area contributed by atoms with Crippen molar-refractivity contribution >= 4 is 20.2 Å². The highest BCUT2D eigenvalue weighted by atomic mass is 32.2. The van der Waals surface area contributed by atoms with Crippen molar-refractivity contribution < 1.29 is 36.1 Å². The molecule has 0 heterocycles. The molecule has 1 rings (SSSR count). The fraction of sp³-hybridized carbons (Fsp3) is 0. The highest BCUT2D eigenvalue weighted by Crippen LogP contribution is 2.25. The average Bonchev–Trinajstić information content (AvgIpc) is 2.16. The van der Waals surface area contributed by atoms with Gasteiger partial charge in [0.1, 0.15) is 20.8 Å². The van der Waals surface area contributed by atoms with Crippen LogP contribution >= 0.6 is 0 Å². The number of quaternary nitrogens is 2. The highest BCUT2D eigenvalue weighted by molar-refractivity contribution is 7.89. The van der Waals surface area contributed by atoms with Gasteiger partial charge < -0.3 is 31.6 Å². The molecule has 18 heavy (non-hydrogen) atoms. The summed E-state index contributed by atoms with van der Waals surface area (Å²) in [6.07, 6.45) is 0. The average molecular weight is 304 g/mol. The van der Waals surface area contributed by atoms with Crippen molar-refractivity contribution in [3.8, 4) is 5.75 Å². The van der Waals surface area contributed by atoms with Crippen molar-refractivity contribution in [1.29, 1.82) is 0 Å². The van der Waals surface area contributed by atoms with Crippen molar-refractivity contribution in [2.45, 2.75) is 9.79 Å². The summed E-state index contributed by atoms with van der Waals surface area (Å²) in [6, 6.07) is 1.78. The van der Waals surface area contributed by atoms with Crippen molar-refractivity contribution in [2.75, 3.05) is 0 Å². The zero-order valence-corrected chi connectivity index (χ0v) is 11.0. The summed E-state index contributed by atoms with van der Waals surface area (Å²) in [5, 5.41) is 18.8. The van der Waals surface area contributed by atoms with Gasteiger partial charge in [-0.3, -0.25) is 0 Å². The Morgan fingerprint density at radius 1 is 1.06 bits per heavy atom. The molecule has 0 aliphatic carbocycles. The lowest BCUT2D eigenvalue weighted by atomic mass is 10.3. The third-order valence-electron chi connectivity index (χ3n) is 1.56. The van der Waals surface area contributed by atoms with E-state index in [1.54, 1.807) is 0 Å². The molecule has 1 aromatic carbocycles. The van der Waals surface area contributed by atoms with Gasteiger partial charge in [-0.25, -0.2) is 8.42 Å². The minimum absolute atomic E-state index is 0. The standard InChI is InChI=1S/C6H6O8S2.2H3N/c7-4-1-2-5(16(12,13)14-8)6(3-4)15(9,10)11;;/h1-3,7-8H,(H,9,10,11);2*1H3. The molecule has 0 unspecified atom stereocenters. The fourth-order valence-electron chi connectivity index (χ4n) is 0.935. The van der Waals surface area contributed by atoms with Crippen molar-refractivity contribution in [1.82, 2.24) is 12.3 Å². The van der Waals surface area contributed by atoms with Crippen LogP contribution in [0.5, 0.6) is 5.75 Å². The van der Waals surface area contributed by atoms with Crippen LogP contribution in [0.2, 0.25) is 0 Å². The van der Waals surface area contributed by atoms with Crippen LogP contribution in [0.4, 0.5) is 0 Å². The Bertz CT molecular complexity index is 608. The Morgan fingerprint density at radius 3 is 1.94 bits per heavy atom. The van der Waals surface area contributed by atoms with E-state index in [1.165, 1.54) is 0 Å². The Morgan fingerprint density at radius 2 is 1.56 bits per heavy atom. The van der Waals surface area contributed by atoms with Crippen LogP contribution in [0.25, 0.3) is 0 Å². The van der Waals surface area contributed by atoms with Crippen LogP contribution in [0, 0.1) is 0 Å². The van der Waals surface area contributed by atoms with Crippen LogP contribution in [-0.4, -0.2) is 26.5 Å². The normalized spacial score (nSPS) is 11.2. The fourth-order valence-corrected chi connectivity index (χ4v) is 2.74. The smallest absolute Gasteiger partial charge is 0.289 e. The SMILES string of the molecule is O=S(=O)([O-])c1cc(O)ccc1S(=O)(=O)O[O-].[NH4+].[NH4+]. The first-order valence-electron chi connectivity index (χ1n) is 3.54. The Balaban J connectivity index is 0. The molecule has 1 aromatic rings. The van der Waals surface area contributed by atoms with Crippen LogP contribution < -0.4 is 17.6 Å². The van der Waals surface area contributed by atoms with E-state index in [0.717, 1.165) is 6.07 Å². The molecule has 0 saturated heterocycles. The summed E-state index contributed by atoms with van der Waals surface area (Å²) in [4.78, 5) is -2.36. The number of benzene rings is 1. The molecule has 0 atom stereocenters. The van der Waals surface area contributed by atoms with E-state index < -0.39 is 35.8 Å². The maximum atomic E-state index is 11.0. The van der Waals surface area contributed by atoms with Crippen molar-refractivity contribution in [3.63, 3.8) is 0 Å². The second kappa shape index (κ2) is 6.05. The lowest BCUT2D eigenvalue weighted by Crippen LogP contribution is -2.17. The third-order valence-corrected chi connectivity index (χ3v) is 3.64. The van der Waals surface area contributed by atoms with Gasteiger partial charge in [-0.2, -0.15) is 8.42 Å². The van der Waals surface area contributed by atoms with Gasteiger partial charge in [0.25, 0.3) is 10.1 Å². The van der Waals surface area contributed by atoms with E-state index in [1.807, 2.05) is 0 Å². The maximum absolute atomic E-state index is 11.0. The van der Waals surface area contributed by atoms with Gasteiger partial charge in [-0.1, -0.05) is 0 Å². The first-order valence-corrected chi connectivity index (χ1v) is 6.35. The van der Waals surface area contributed by atoms with Gasteiger partial charge in [0.15, 0.2) is 0 Å². The predicted molar refractivity (Wildman–Crippen MR) is 56.3 cm³/mol. The molecule has 0 radical (unpaired) electrons. The summed E-state index contributed by atoms with van der Waals surface area (Å²) >= 11 is 0. The Hall–Kier alpha value is -1.28. The van der Waals surface area contributed by atoms with Crippen molar-refractivity contribution in [2.24, 2.45) is 0 Å². The molecule has 0 aliphatic rings. The molecule has 0 spiro atoms. The molecule has 12 heteroatoms. The van der Waals surface area contributed by atoms with E-state index in [2.05, 4.69) is 4.33 Å². The minimum Gasteiger partial charge on any atom is -0.744 e. The van der Waals surface area contributed by atoms with Crippen molar-refractivity contribution in [3.05, 3.63) is 18.2 Å². The zero-order valence-electron chi connectivity index (χ0n) is 9.35.